The third kappa shape index (κ3) is 6.51. The number of hydrazone groups is 1. The number of nitrogens with zero attached hydrogens (tertiary/aromatic N) is 1. The molecule has 3 aromatic carbocycles. The Morgan fingerprint density at radius 3 is 2.29 bits per heavy atom. The molecule has 176 valence electrons. The van der Waals surface area contributed by atoms with Gasteiger partial charge in [-0.3, -0.25) is 14.4 Å². The highest BCUT2D eigenvalue weighted by Gasteiger charge is 2.14. The summed E-state index contributed by atoms with van der Waals surface area (Å²) < 4.78 is 0. The van der Waals surface area contributed by atoms with Crippen molar-refractivity contribution in [2.75, 3.05) is 5.32 Å². The van der Waals surface area contributed by atoms with Gasteiger partial charge in [-0.25, -0.2) is 5.43 Å². The highest BCUT2D eigenvalue weighted by atomic mass is 16.3. The van der Waals surface area contributed by atoms with E-state index in [1.165, 1.54) is 6.07 Å². The molecule has 7 heteroatoms. The molecular formula is C27H29N3O4. The average molecular weight is 460 g/mol. The number of carbonyl (C=O) groups excluding carboxylic acids is 3. The SMILES string of the molecule is CC/C(CC(=O)CCC(=O)Nc1ccc(C)c(C)c1)=N\NC(=O)c1cc2ccccc2cc1O. The van der Waals surface area contributed by atoms with E-state index in [0.717, 1.165) is 21.9 Å². The van der Waals surface area contributed by atoms with Gasteiger partial charge in [0.25, 0.3) is 5.91 Å². The predicted molar refractivity (Wildman–Crippen MR) is 134 cm³/mol. The van der Waals surface area contributed by atoms with E-state index in [2.05, 4.69) is 15.8 Å². The van der Waals surface area contributed by atoms with Crippen molar-refractivity contribution in [2.45, 2.75) is 46.5 Å². The van der Waals surface area contributed by atoms with Gasteiger partial charge >= 0.3 is 0 Å². The maximum Gasteiger partial charge on any atom is 0.275 e. The third-order valence-electron chi connectivity index (χ3n) is 5.66. The molecule has 0 aromatic heterocycles. The molecule has 34 heavy (non-hydrogen) atoms. The van der Waals surface area contributed by atoms with E-state index < -0.39 is 5.91 Å². The summed E-state index contributed by atoms with van der Waals surface area (Å²) in [6, 6.07) is 16.2. The maximum absolute atomic E-state index is 12.5. The van der Waals surface area contributed by atoms with E-state index >= 15 is 0 Å². The lowest BCUT2D eigenvalue weighted by Gasteiger charge is -2.08. The molecule has 0 unspecified atom stereocenters. The van der Waals surface area contributed by atoms with E-state index in [0.29, 0.717) is 17.8 Å². The lowest BCUT2D eigenvalue weighted by Crippen LogP contribution is -2.21. The molecule has 0 radical (unpaired) electrons. The number of aromatic hydroxyl groups is 1. The number of Topliss-reactive ketones (excluding diaryl/α,β-unsaturated/α-hetero) is 1. The standard InChI is InChI=1S/C27H29N3O4/c1-4-21(16-23(31)11-12-26(33)28-22-10-9-17(2)18(3)13-22)29-30-27(34)24-14-19-7-5-6-8-20(19)15-25(24)32/h5-10,13-15,32H,4,11-12,16H2,1-3H3,(H,28,33)(H,30,34)/b29-21+. The van der Waals surface area contributed by atoms with E-state index in [1.807, 2.05) is 63.2 Å². The van der Waals surface area contributed by atoms with Gasteiger partial charge in [-0.05, 0) is 66.4 Å². The first kappa shape index (κ1) is 24.6. The second kappa shape index (κ2) is 11.2. The topological polar surface area (TPSA) is 108 Å². The second-order valence-electron chi connectivity index (χ2n) is 8.25. The van der Waals surface area contributed by atoms with Crippen LogP contribution in [-0.2, 0) is 9.59 Å². The number of amides is 2. The average Bonchev–Trinajstić information content (AvgIpc) is 2.82. The van der Waals surface area contributed by atoms with E-state index in [-0.39, 0.29) is 42.3 Å². The normalized spacial score (nSPS) is 11.3. The second-order valence-corrected chi connectivity index (χ2v) is 8.25. The molecule has 3 aromatic rings. The van der Waals surface area contributed by atoms with Crippen molar-refractivity contribution in [1.82, 2.24) is 5.43 Å². The van der Waals surface area contributed by atoms with Gasteiger partial charge in [0.1, 0.15) is 11.5 Å². The number of carbonyl (C=O) groups is 3. The number of hydrogen-bond acceptors (Lipinski definition) is 5. The van der Waals surface area contributed by atoms with Gasteiger partial charge in [-0.2, -0.15) is 5.10 Å². The molecule has 0 aliphatic heterocycles. The third-order valence-corrected chi connectivity index (χ3v) is 5.66. The minimum atomic E-state index is -0.561. The zero-order valence-corrected chi connectivity index (χ0v) is 19.6. The fourth-order valence-corrected chi connectivity index (χ4v) is 3.46. The summed E-state index contributed by atoms with van der Waals surface area (Å²) in [5, 5.41) is 18.7. The van der Waals surface area contributed by atoms with Crippen LogP contribution in [0.3, 0.4) is 0 Å². The van der Waals surface area contributed by atoms with Gasteiger partial charge in [-0.1, -0.05) is 37.3 Å². The summed E-state index contributed by atoms with van der Waals surface area (Å²) in [5.74, 6) is -1.07. The molecule has 2 amide bonds. The summed E-state index contributed by atoms with van der Waals surface area (Å²) in [5.41, 5.74) is 5.95. The van der Waals surface area contributed by atoms with Crippen LogP contribution in [0.25, 0.3) is 10.8 Å². The number of phenols is 1. The van der Waals surface area contributed by atoms with Crippen molar-refractivity contribution in [3.05, 3.63) is 71.3 Å². The Morgan fingerprint density at radius 2 is 1.62 bits per heavy atom. The summed E-state index contributed by atoms with van der Waals surface area (Å²) in [4.78, 5) is 37.1. The summed E-state index contributed by atoms with van der Waals surface area (Å²) >= 11 is 0. The Balaban J connectivity index is 1.53. The smallest absolute Gasteiger partial charge is 0.275 e. The fourth-order valence-electron chi connectivity index (χ4n) is 3.46. The van der Waals surface area contributed by atoms with Crippen molar-refractivity contribution in [2.24, 2.45) is 5.10 Å². The van der Waals surface area contributed by atoms with Gasteiger partial charge in [-0.15, -0.1) is 0 Å². The summed E-state index contributed by atoms with van der Waals surface area (Å²) in [7, 11) is 0. The minimum Gasteiger partial charge on any atom is -0.507 e. The molecule has 7 nitrogen and oxygen atoms in total. The number of hydrogen-bond donors (Lipinski definition) is 3. The molecule has 0 bridgehead atoms. The predicted octanol–water partition coefficient (Wildman–Crippen LogP) is 5.04. The molecule has 0 spiro atoms. The van der Waals surface area contributed by atoms with Crippen LogP contribution in [0.15, 0.2) is 59.7 Å². The monoisotopic (exact) mass is 459 g/mol. The zero-order chi connectivity index (χ0) is 24.7. The lowest BCUT2D eigenvalue weighted by atomic mass is 10.1. The first-order valence-electron chi connectivity index (χ1n) is 11.2. The van der Waals surface area contributed by atoms with Crippen LogP contribution >= 0.6 is 0 Å². The zero-order valence-electron chi connectivity index (χ0n) is 19.6. The molecule has 0 saturated heterocycles. The maximum atomic E-state index is 12.5. The van der Waals surface area contributed by atoms with Gasteiger partial charge in [0.15, 0.2) is 0 Å². The Bertz CT molecular complexity index is 1260. The van der Waals surface area contributed by atoms with Crippen LogP contribution in [0.4, 0.5) is 5.69 Å². The number of fused-ring (bicyclic) bond motifs is 1. The first-order valence-corrected chi connectivity index (χ1v) is 11.2. The Morgan fingerprint density at radius 1 is 0.912 bits per heavy atom. The number of nitrogens with one attached hydrogen (secondary N) is 2. The van der Waals surface area contributed by atoms with E-state index in [4.69, 9.17) is 0 Å². The quantitative estimate of drug-likeness (QED) is 0.308. The van der Waals surface area contributed by atoms with E-state index in [1.54, 1.807) is 6.07 Å². The molecule has 3 rings (SSSR count). The number of phenolic OH excluding ortho intramolecular Hbond substituents is 1. The van der Waals surface area contributed by atoms with Gasteiger partial charge in [0.05, 0.1) is 5.56 Å². The lowest BCUT2D eigenvalue weighted by molar-refractivity contribution is -0.122. The van der Waals surface area contributed by atoms with Crippen LogP contribution in [0, 0.1) is 13.8 Å². The van der Waals surface area contributed by atoms with Crippen molar-refractivity contribution >= 4 is 39.8 Å². The summed E-state index contributed by atoms with van der Waals surface area (Å²) in [6.07, 6.45) is 0.650. The first-order chi connectivity index (χ1) is 16.3. The molecule has 0 heterocycles. The van der Waals surface area contributed by atoms with Crippen LogP contribution < -0.4 is 10.7 Å². The Hall–Kier alpha value is -4.00. The van der Waals surface area contributed by atoms with Gasteiger partial charge in [0.2, 0.25) is 5.91 Å². The van der Waals surface area contributed by atoms with Gasteiger partial charge < -0.3 is 10.4 Å². The van der Waals surface area contributed by atoms with E-state index in [9.17, 15) is 19.5 Å². The highest BCUT2D eigenvalue weighted by molar-refractivity contribution is 6.05. The summed E-state index contributed by atoms with van der Waals surface area (Å²) in [6.45, 7) is 5.80. The molecule has 0 aliphatic rings. The van der Waals surface area contributed by atoms with Crippen LogP contribution in [0.5, 0.6) is 5.75 Å². The van der Waals surface area contributed by atoms with Crippen LogP contribution in [0.1, 0.15) is 54.1 Å². The minimum absolute atomic E-state index is 0.0391. The van der Waals surface area contributed by atoms with Crippen molar-refractivity contribution in [3.8, 4) is 5.75 Å². The Kier molecular flexibility index (Phi) is 8.14. The van der Waals surface area contributed by atoms with Crippen molar-refractivity contribution < 1.29 is 19.5 Å². The number of anilines is 1. The molecular weight excluding hydrogens is 430 g/mol. The molecule has 0 atom stereocenters. The highest BCUT2D eigenvalue weighted by Crippen LogP contribution is 2.25. The Labute approximate surface area is 198 Å². The number of rotatable bonds is 9. The molecule has 0 saturated carbocycles. The number of aryl methyl sites for hydroxylation is 2. The van der Waals surface area contributed by atoms with Crippen LogP contribution in [-0.4, -0.2) is 28.4 Å². The number of benzene rings is 3. The van der Waals surface area contributed by atoms with Crippen molar-refractivity contribution in [1.29, 1.82) is 0 Å². The fraction of sp³-hybridized carbons (Fsp3) is 0.259. The van der Waals surface area contributed by atoms with Crippen LogP contribution in [0.2, 0.25) is 0 Å². The number of ketones is 1. The van der Waals surface area contributed by atoms with Gasteiger partial charge in [0, 0.05) is 30.7 Å². The molecule has 0 fully saturated rings. The molecule has 3 N–H and O–H groups in total. The van der Waals surface area contributed by atoms with Crippen molar-refractivity contribution in [3.63, 3.8) is 0 Å². The molecule has 0 aliphatic carbocycles. The largest absolute Gasteiger partial charge is 0.507 e.